The minimum Gasteiger partial charge on any atom is -0.494 e. The highest BCUT2D eigenvalue weighted by Crippen LogP contribution is 2.31. The van der Waals surface area contributed by atoms with Crippen LogP contribution in [0.1, 0.15) is 36.4 Å². The van der Waals surface area contributed by atoms with Crippen LogP contribution in [0.15, 0.2) is 59.9 Å². The number of aliphatic hydroxyl groups is 1. The van der Waals surface area contributed by atoms with Gasteiger partial charge in [-0.1, -0.05) is 24.3 Å². The first-order valence-electron chi connectivity index (χ1n) is 10.9. The van der Waals surface area contributed by atoms with Gasteiger partial charge >= 0.3 is 0 Å². The minimum absolute atomic E-state index is 0.131. The lowest BCUT2D eigenvalue weighted by atomic mass is 10.0. The van der Waals surface area contributed by atoms with E-state index in [1.54, 1.807) is 22.7 Å². The summed E-state index contributed by atoms with van der Waals surface area (Å²) in [5.41, 5.74) is 4.72. The highest BCUT2D eigenvalue weighted by molar-refractivity contribution is 5.84. The number of rotatable bonds is 5. The first kappa shape index (κ1) is 20.5. The number of aromatic nitrogens is 4. The second kappa shape index (κ2) is 8.24. The summed E-state index contributed by atoms with van der Waals surface area (Å²) in [5, 5.41) is 15.0. The van der Waals surface area contributed by atoms with Crippen molar-refractivity contribution in [3.63, 3.8) is 0 Å². The van der Waals surface area contributed by atoms with E-state index in [9.17, 15) is 9.90 Å². The summed E-state index contributed by atoms with van der Waals surface area (Å²) in [6, 6.07) is 12.0. The quantitative estimate of drug-likeness (QED) is 0.524. The minimum atomic E-state index is -0.504. The molecule has 164 valence electrons. The molecule has 0 bridgehead atoms. The smallest absolute Gasteiger partial charge is 0.261 e. The van der Waals surface area contributed by atoms with Crippen LogP contribution in [-0.4, -0.2) is 37.7 Å². The van der Waals surface area contributed by atoms with Crippen LogP contribution in [0.25, 0.3) is 22.0 Å². The number of hydrogen-bond donors (Lipinski definition) is 1. The molecule has 1 aliphatic carbocycles. The van der Waals surface area contributed by atoms with E-state index in [1.165, 1.54) is 0 Å². The molecule has 0 aliphatic heterocycles. The largest absolute Gasteiger partial charge is 0.494 e. The van der Waals surface area contributed by atoms with Crippen molar-refractivity contribution in [1.82, 2.24) is 19.3 Å². The van der Waals surface area contributed by atoms with Gasteiger partial charge in [-0.25, -0.2) is 4.98 Å². The number of aryl methyl sites for hydroxylation is 1. The van der Waals surface area contributed by atoms with E-state index in [4.69, 9.17) is 4.74 Å². The molecule has 7 nitrogen and oxygen atoms in total. The van der Waals surface area contributed by atoms with Gasteiger partial charge in [-0.2, -0.15) is 5.10 Å². The van der Waals surface area contributed by atoms with Gasteiger partial charge in [0.25, 0.3) is 5.56 Å². The Kier molecular flexibility index (Phi) is 5.27. The topological polar surface area (TPSA) is 82.2 Å². The van der Waals surface area contributed by atoms with E-state index >= 15 is 0 Å². The van der Waals surface area contributed by atoms with Gasteiger partial charge in [0.05, 0.1) is 37.2 Å². The van der Waals surface area contributed by atoms with E-state index in [2.05, 4.69) is 34.3 Å². The SMILES string of the molecule is COc1cc(Cc2ccc(-c3cnn(C)c3)cc2)cc2c(=O)n([C@H]3CCC[C@@H]3O)cnc12. The highest BCUT2D eigenvalue weighted by Gasteiger charge is 2.28. The molecule has 0 unspecified atom stereocenters. The normalized spacial score (nSPS) is 18.3. The maximum Gasteiger partial charge on any atom is 0.261 e. The molecular formula is C25H26N4O3. The van der Waals surface area contributed by atoms with Gasteiger partial charge in [-0.05, 0) is 54.5 Å². The number of ether oxygens (including phenoxy) is 1. The van der Waals surface area contributed by atoms with Crippen molar-refractivity contribution in [2.45, 2.75) is 37.8 Å². The number of fused-ring (bicyclic) bond motifs is 1. The second-order valence-electron chi connectivity index (χ2n) is 8.49. The number of methoxy groups -OCH3 is 1. The van der Waals surface area contributed by atoms with Crippen LogP contribution in [0.3, 0.4) is 0 Å². The van der Waals surface area contributed by atoms with Crippen LogP contribution in [0.2, 0.25) is 0 Å². The first-order valence-corrected chi connectivity index (χ1v) is 10.9. The Hall–Kier alpha value is -3.45. The van der Waals surface area contributed by atoms with Crippen molar-refractivity contribution in [1.29, 1.82) is 0 Å². The van der Waals surface area contributed by atoms with Crippen molar-refractivity contribution in [3.05, 3.63) is 76.6 Å². The highest BCUT2D eigenvalue weighted by atomic mass is 16.5. The Morgan fingerprint density at radius 3 is 2.59 bits per heavy atom. The molecule has 1 fully saturated rings. The van der Waals surface area contributed by atoms with Crippen molar-refractivity contribution in [2.75, 3.05) is 7.11 Å². The van der Waals surface area contributed by atoms with Gasteiger partial charge < -0.3 is 9.84 Å². The van der Waals surface area contributed by atoms with Crippen LogP contribution in [0.4, 0.5) is 0 Å². The molecule has 1 N–H and O–H groups in total. The van der Waals surface area contributed by atoms with Gasteiger partial charge in [0.15, 0.2) is 0 Å². The van der Waals surface area contributed by atoms with E-state index in [0.29, 0.717) is 29.5 Å². The molecule has 2 aromatic carbocycles. The molecule has 0 spiro atoms. The molecule has 0 amide bonds. The molecule has 1 aliphatic rings. The summed E-state index contributed by atoms with van der Waals surface area (Å²) in [6.45, 7) is 0. The molecule has 2 heterocycles. The van der Waals surface area contributed by atoms with Crippen LogP contribution in [0.5, 0.6) is 5.75 Å². The zero-order valence-corrected chi connectivity index (χ0v) is 18.2. The third kappa shape index (κ3) is 3.69. The van der Waals surface area contributed by atoms with Crippen LogP contribution in [0, 0.1) is 0 Å². The zero-order valence-electron chi connectivity index (χ0n) is 18.2. The monoisotopic (exact) mass is 430 g/mol. The Labute approximate surface area is 185 Å². The number of nitrogens with zero attached hydrogens (tertiary/aromatic N) is 4. The molecule has 1 saturated carbocycles. The fourth-order valence-corrected chi connectivity index (χ4v) is 4.63. The van der Waals surface area contributed by atoms with Gasteiger partial charge in [0.2, 0.25) is 0 Å². The maximum atomic E-state index is 13.3. The van der Waals surface area contributed by atoms with Crippen molar-refractivity contribution >= 4 is 10.9 Å². The first-order chi connectivity index (χ1) is 15.5. The molecule has 0 radical (unpaired) electrons. The lowest BCUT2D eigenvalue weighted by Gasteiger charge is -2.18. The molecule has 4 aromatic rings. The Balaban J connectivity index is 1.49. The molecule has 5 rings (SSSR count). The summed E-state index contributed by atoms with van der Waals surface area (Å²) >= 11 is 0. The average Bonchev–Trinajstić information content (AvgIpc) is 3.42. The Morgan fingerprint density at radius 2 is 1.94 bits per heavy atom. The molecule has 7 heteroatoms. The molecule has 0 saturated heterocycles. The van der Waals surface area contributed by atoms with Crippen LogP contribution in [-0.2, 0) is 13.5 Å². The summed E-state index contributed by atoms with van der Waals surface area (Å²) in [7, 11) is 3.50. The Morgan fingerprint density at radius 1 is 1.12 bits per heavy atom. The fourth-order valence-electron chi connectivity index (χ4n) is 4.63. The van der Waals surface area contributed by atoms with E-state index in [0.717, 1.165) is 35.1 Å². The van der Waals surface area contributed by atoms with E-state index < -0.39 is 6.10 Å². The molecule has 2 aromatic heterocycles. The molecule has 2 atom stereocenters. The predicted molar refractivity (Wildman–Crippen MR) is 123 cm³/mol. The van der Waals surface area contributed by atoms with Gasteiger partial charge in [0.1, 0.15) is 11.3 Å². The van der Waals surface area contributed by atoms with E-state index in [1.807, 2.05) is 31.6 Å². The molecule has 32 heavy (non-hydrogen) atoms. The lowest BCUT2D eigenvalue weighted by molar-refractivity contribution is 0.134. The third-order valence-electron chi connectivity index (χ3n) is 6.33. The van der Waals surface area contributed by atoms with Crippen molar-refractivity contribution in [3.8, 4) is 16.9 Å². The fraction of sp³-hybridized carbons (Fsp3) is 0.320. The van der Waals surface area contributed by atoms with Gasteiger partial charge in [-0.15, -0.1) is 0 Å². The van der Waals surface area contributed by atoms with Gasteiger partial charge in [-0.3, -0.25) is 14.0 Å². The third-order valence-corrected chi connectivity index (χ3v) is 6.33. The van der Waals surface area contributed by atoms with Crippen molar-refractivity contribution in [2.24, 2.45) is 7.05 Å². The van der Waals surface area contributed by atoms with E-state index in [-0.39, 0.29) is 11.6 Å². The van der Waals surface area contributed by atoms with Gasteiger partial charge in [0, 0.05) is 18.8 Å². The zero-order chi connectivity index (χ0) is 22.2. The Bertz CT molecular complexity index is 1320. The number of benzene rings is 2. The summed E-state index contributed by atoms with van der Waals surface area (Å²) in [5.74, 6) is 0.584. The van der Waals surface area contributed by atoms with Crippen molar-refractivity contribution < 1.29 is 9.84 Å². The number of hydrogen-bond acceptors (Lipinski definition) is 5. The summed E-state index contributed by atoms with van der Waals surface area (Å²) in [4.78, 5) is 17.8. The predicted octanol–water partition coefficient (Wildman–Crippen LogP) is 3.48. The second-order valence-corrected chi connectivity index (χ2v) is 8.49. The maximum absolute atomic E-state index is 13.3. The van der Waals surface area contributed by atoms with Crippen LogP contribution < -0.4 is 10.3 Å². The number of aliphatic hydroxyl groups excluding tert-OH is 1. The standard InChI is InChI=1S/C25H26N4O3/c1-28-14-19(13-27-28)18-8-6-16(7-9-18)10-17-11-20-24(23(12-17)32-2)26-15-29(25(20)31)21-4-3-5-22(21)30/h6-9,11-15,21-22,30H,3-5,10H2,1-2H3/t21-,22-/m0/s1. The summed E-state index contributed by atoms with van der Waals surface area (Å²) < 4.78 is 8.93. The van der Waals surface area contributed by atoms with Crippen LogP contribution >= 0.6 is 0 Å². The summed E-state index contributed by atoms with van der Waals surface area (Å²) in [6.07, 6.45) is 7.96. The average molecular weight is 431 g/mol. The molecular weight excluding hydrogens is 404 g/mol. The lowest BCUT2D eigenvalue weighted by Crippen LogP contribution is -2.29.